The van der Waals surface area contributed by atoms with E-state index in [4.69, 9.17) is 0 Å². The Morgan fingerprint density at radius 2 is 1.81 bits per heavy atom. The van der Waals surface area contributed by atoms with Gasteiger partial charge in [-0.15, -0.1) is 0 Å². The van der Waals surface area contributed by atoms with Crippen LogP contribution in [0.25, 0.3) is 0 Å². The van der Waals surface area contributed by atoms with E-state index < -0.39 is 0 Å². The summed E-state index contributed by atoms with van der Waals surface area (Å²) in [5.41, 5.74) is 3.51. The molecule has 1 aliphatic heterocycles. The number of anilines is 2. The van der Waals surface area contributed by atoms with E-state index in [-0.39, 0.29) is 17.7 Å². The molecule has 0 bridgehead atoms. The van der Waals surface area contributed by atoms with Crippen molar-refractivity contribution in [1.82, 2.24) is 0 Å². The van der Waals surface area contributed by atoms with Gasteiger partial charge >= 0.3 is 0 Å². The fourth-order valence-electron chi connectivity index (χ4n) is 2.47. The minimum absolute atomic E-state index is 0.0146. The molecule has 1 aliphatic rings. The Labute approximate surface area is 123 Å². The monoisotopic (exact) mass is 280 g/mol. The van der Waals surface area contributed by atoms with Crippen molar-refractivity contribution in [2.24, 2.45) is 0 Å². The lowest BCUT2D eigenvalue weighted by molar-refractivity contribution is -0.116. The van der Waals surface area contributed by atoms with Gasteiger partial charge in [-0.1, -0.05) is 18.2 Å². The average Bonchev–Trinajstić information content (AvgIpc) is 2.92. The second kappa shape index (κ2) is 5.40. The normalized spacial score (nSPS) is 16.0. The summed E-state index contributed by atoms with van der Waals surface area (Å²) < 4.78 is 0. The molecule has 0 aromatic heterocycles. The number of hydrogen-bond donors (Lipinski definition) is 2. The molecule has 2 aromatic rings. The van der Waals surface area contributed by atoms with Gasteiger partial charge < -0.3 is 10.6 Å². The highest BCUT2D eigenvalue weighted by molar-refractivity contribution is 5.99. The highest BCUT2D eigenvalue weighted by Crippen LogP contribution is 2.25. The lowest BCUT2D eigenvalue weighted by Crippen LogP contribution is -2.32. The van der Waals surface area contributed by atoms with Crippen LogP contribution in [-0.2, 0) is 11.2 Å². The maximum Gasteiger partial charge on any atom is 0.247 e. The van der Waals surface area contributed by atoms with Crippen LogP contribution in [0.2, 0.25) is 0 Å². The molecule has 1 amide bonds. The molecule has 0 saturated carbocycles. The summed E-state index contributed by atoms with van der Waals surface area (Å²) in [7, 11) is 0. The fourth-order valence-corrected chi connectivity index (χ4v) is 2.47. The first-order valence-electron chi connectivity index (χ1n) is 6.90. The van der Waals surface area contributed by atoms with E-state index in [1.54, 1.807) is 24.3 Å². The zero-order chi connectivity index (χ0) is 14.8. The number of nitrogens with one attached hydrogen (secondary N) is 2. The van der Waals surface area contributed by atoms with Crippen LogP contribution >= 0.6 is 0 Å². The summed E-state index contributed by atoms with van der Waals surface area (Å²) in [5, 5.41) is 6.09. The van der Waals surface area contributed by atoms with Crippen LogP contribution in [0.1, 0.15) is 22.8 Å². The van der Waals surface area contributed by atoms with E-state index in [1.165, 1.54) is 6.92 Å². The van der Waals surface area contributed by atoms with Crippen LogP contribution in [0.3, 0.4) is 0 Å². The molecule has 0 spiro atoms. The molecular weight excluding hydrogens is 264 g/mol. The number of para-hydroxylation sites is 1. The SMILES string of the molecule is CC(=O)c1ccc(NC(=O)C2Cc3ccccc3N2)cc1. The van der Waals surface area contributed by atoms with Crippen molar-refractivity contribution < 1.29 is 9.59 Å². The van der Waals surface area contributed by atoms with Crippen LogP contribution in [0.4, 0.5) is 11.4 Å². The molecule has 2 aromatic carbocycles. The number of carbonyl (C=O) groups excluding carboxylic acids is 2. The summed E-state index contributed by atoms with van der Waals surface area (Å²) in [4.78, 5) is 23.5. The number of carbonyl (C=O) groups is 2. The molecule has 2 N–H and O–H groups in total. The number of benzene rings is 2. The predicted octanol–water partition coefficient (Wildman–Crippen LogP) is 2.86. The zero-order valence-corrected chi connectivity index (χ0v) is 11.7. The average molecular weight is 280 g/mol. The van der Waals surface area contributed by atoms with E-state index in [0.717, 1.165) is 11.3 Å². The Morgan fingerprint density at radius 1 is 1.10 bits per heavy atom. The van der Waals surface area contributed by atoms with Crippen molar-refractivity contribution in [3.05, 3.63) is 59.7 Å². The van der Waals surface area contributed by atoms with Crippen molar-refractivity contribution in [2.75, 3.05) is 10.6 Å². The molecule has 1 heterocycles. The van der Waals surface area contributed by atoms with Crippen molar-refractivity contribution in [1.29, 1.82) is 0 Å². The van der Waals surface area contributed by atoms with Gasteiger partial charge in [0.2, 0.25) is 5.91 Å². The van der Waals surface area contributed by atoms with Crippen LogP contribution in [-0.4, -0.2) is 17.7 Å². The summed E-state index contributed by atoms with van der Waals surface area (Å²) in [6.07, 6.45) is 0.688. The summed E-state index contributed by atoms with van der Waals surface area (Å²) in [6, 6.07) is 14.6. The van der Waals surface area contributed by atoms with Gasteiger partial charge in [-0.25, -0.2) is 0 Å². The van der Waals surface area contributed by atoms with Crippen molar-refractivity contribution >= 4 is 23.1 Å². The molecule has 0 aliphatic carbocycles. The molecule has 1 atom stereocenters. The molecule has 0 radical (unpaired) electrons. The van der Waals surface area contributed by atoms with Crippen LogP contribution in [0, 0.1) is 0 Å². The Hall–Kier alpha value is -2.62. The molecule has 4 nitrogen and oxygen atoms in total. The van der Waals surface area contributed by atoms with E-state index in [0.29, 0.717) is 17.7 Å². The molecule has 21 heavy (non-hydrogen) atoms. The van der Waals surface area contributed by atoms with Gasteiger partial charge in [-0.2, -0.15) is 0 Å². The number of fused-ring (bicyclic) bond motifs is 1. The van der Waals surface area contributed by atoms with E-state index >= 15 is 0 Å². The predicted molar refractivity (Wildman–Crippen MR) is 82.6 cm³/mol. The first-order valence-corrected chi connectivity index (χ1v) is 6.90. The molecule has 4 heteroatoms. The van der Waals surface area contributed by atoms with Gasteiger partial charge in [0.1, 0.15) is 6.04 Å². The Balaban J connectivity index is 1.66. The minimum atomic E-state index is -0.255. The lowest BCUT2D eigenvalue weighted by Gasteiger charge is -2.12. The topological polar surface area (TPSA) is 58.2 Å². The highest BCUT2D eigenvalue weighted by atomic mass is 16.2. The van der Waals surface area contributed by atoms with E-state index in [9.17, 15) is 9.59 Å². The Kier molecular flexibility index (Phi) is 3.44. The van der Waals surface area contributed by atoms with E-state index in [1.807, 2.05) is 24.3 Å². The molecule has 1 unspecified atom stereocenters. The van der Waals surface area contributed by atoms with Crippen molar-refractivity contribution in [3.63, 3.8) is 0 Å². The number of hydrogen-bond acceptors (Lipinski definition) is 3. The number of ketones is 1. The molecular formula is C17H16N2O2. The van der Waals surface area contributed by atoms with Gasteiger partial charge in [-0.05, 0) is 42.8 Å². The highest BCUT2D eigenvalue weighted by Gasteiger charge is 2.26. The third kappa shape index (κ3) is 2.79. The second-order valence-electron chi connectivity index (χ2n) is 5.18. The number of amides is 1. The van der Waals surface area contributed by atoms with Crippen molar-refractivity contribution in [3.8, 4) is 0 Å². The van der Waals surface area contributed by atoms with Gasteiger partial charge in [0.15, 0.2) is 5.78 Å². The standard InChI is InChI=1S/C17H16N2O2/c1-11(20)12-6-8-14(9-7-12)18-17(21)16-10-13-4-2-3-5-15(13)19-16/h2-9,16,19H,10H2,1H3,(H,18,21). The van der Waals surface area contributed by atoms with Gasteiger partial charge in [0.25, 0.3) is 0 Å². The van der Waals surface area contributed by atoms with Crippen LogP contribution in [0.5, 0.6) is 0 Å². The lowest BCUT2D eigenvalue weighted by atomic mass is 10.1. The molecule has 106 valence electrons. The Morgan fingerprint density at radius 3 is 2.48 bits per heavy atom. The second-order valence-corrected chi connectivity index (χ2v) is 5.18. The first kappa shape index (κ1) is 13.4. The molecule has 0 fully saturated rings. The molecule has 0 saturated heterocycles. The third-order valence-electron chi connectivity index (χ3n) is 3.65. The first-order chi connectivity index (χ1) is 10.1. The smallest absolute Gasteiger partial charge is 0.247 e. The van der Waals surface area contributed by atoms with Gasteiger partial charge in [0.05, 0.1) is 0 Å². The summed E-state index contributed by atoms with van der Waals surface area (Å²) >= 11 is 0. The maximum absolute atomic E-state index is 12.3. The number of Topliss-reactive ketones (excluding diaryl/α,β-unsaturated/α-hetero) is 1. The summed E-state index contributed by atoms with van der Waals surface area (Å²) in [6.45, 7) is 1.52. The largest absolute Gasteiger partial charge is 0.373 e. The Bertz CT molecular complexity index is 667. The van der Waals surface area contributed by atoms with Gasteiger partial charge in [0, 0.05) is 23.4 Å². The van der Waals surface area contributed by atoms with Crippen LogP contribution in [0.15, 0.2) is 48.5 Å². The fraction of sp³-hybridized carbons (Fsp3) is 0.176. The van der Waals surface area contributed by atoms with E-state index in [2.05, 4.69) is 10.6 Å². The molecule has 3 rings (SSSR count). The maximum atomic E-state index is 12.3. The summed E-state index contributed by atoms with van der Waals surface area (Å²) in [5.74, 6) is -0.0532. The van der Waals surface area contributed by atoms with Crippen molar-refractivity contribution in [2.45, 2.75) is 19.4 Å². The minimum Gasteiger partial charge on any atom is -0.373 e. The van der Waals surface area contributed by atoms with Crippen LogP contribution < -0.4 is 10.6 Å². The van der Waals surface area contributed by atoms with Gasteiger partial charge in [-0.3, -0.25) is 9.59 Å². The number of rotatable bonds is 3. The zero-order valence-electron chi connectivity index (χ0n) is 11.7. The quantitative estimate of drug-likeness (QED) is 0.850. The third-order valence-corrected chi connectivity index (χ3v) is 3.65.